The second-order valence-electron chi connectivity index (χ2n) is 6.66. The van der Waals surface area contributed by atoms with E-state index in [9.17, 15) is 0 Å². The first kappa shape index (κ1) is 16.2. The van der Waals surface area contributed by atoms with Crippen LogP contribution >= 0.6 is 0 Å². The van der Waals surface area contributed by atoms with Gasteiger partial charge in [0.2, 0.25) is 0 Å². The van der Waals surface area contributed by atoms with Gasteiger partial charge in [-0.1, -0.05) is 0 Å². The maximum Gasteiger partial charge on any atom is 0.0593 e. The van der Waals surface area contributed by atoms with Crippen molar-refractivity contribution in [2.24, 2.45) is 0 Å². The monoisotopic (exact) mass is 283 g/mol. The van der Waals surface area contributed by atoms with Crippen LogP contribution in [0.15, 0.2) is 0 Å². The molecule has 2 atom stereocenters. The van der Waals surface area contributed by atoms with Crippen LogP contribution in [0, 0.1) is 0 Å². The summed E-state index contributed by atoms with van der Waals surface area (Å²) in [5, 5.41) is 3.75. The van der Waals surface area contributed by atoms with Gasteiger partial charge in [-0.15, -0.1) is 0 Å². The number of ether oxygens (including phenoxy) is 1. The van der Waals surface area contributed by atoms with Gasteiger partial charge in [-0.2, -0.15) is 0 Å². The summed E-state index contributed by atoms with van der Waals surface area (Å²) >= 11 is 0. The zero-order valence-corrected chi connectivity index (χ0v) is 13.6. The Labute approximate surface area is 124 Å². The third kappa shape index (κ3) is 4.99. The van der Waals surface area contributed by atoms with Crippen LogP contribution in [0.1, 0.15) is 40.0 Å². The Morgan fingerprint density at radius 3 is 2.70 bits per heavy atom. The molecule has 118 valence electrons. The molecule has 20 heavy (non-hydrogen) atoms. The Morgan fingerprint density at radius 2 is 1.90 bits per heavy atom. The van der Waals surface area contributed by atoms with E-state index in [4.69, 9.17) is 4.74 Å². The van der Waals surface area contributed by atoms with Gasteiger partial charge in [0.05, 0.1) is 6.61 Å². The Hall–Kier alpha value is -0.160. The van der Waals surface area contributed by atoms with Gasteiger partial charge in [0.15, 0.2) is 0 Å². The molecule has 2 rings (SSSR count). The standard InChI is InChI=1S/C16H33N3O/c1-14(2)18-8-5-16(17-6-9-18)13-15(3)19-7-4-11-20-12-10-19/h14-17H,4-13H2,1-3H3. The summed E-state index contributed by atoms with van der Waals surface area (Å²) < 4.78 is 5.56. The fourth-order valence-corrected chi connectivity index (χ4v) is 3.43. The van der Waals surface area contributed by atoms with E-state index >= 15 is 0 Å². The predicted molar refractivity (Wildman–Crippen MR) is 84.2 cm³/mol. The number of hydrogen-bond donors (Lipinski definition) is 1. The van der Waals surface area contributed by atoms with E-state index in [-0.39, 0.29) is 0 Å². The fourth-order valence-electron chi connectivity index (χ4n) is 3.43. The van der Waals surface area contributed by atoms with E-state index in [0.717, 1.165) is 26.3 Å². The maximum absolute atomic E-state index is 5.56. The molecule has 2 heterocycles. The molecule has 0 amide bonds. The average molecular weight is 283 g/mol. The molecule has 2 aliphatic rings. The highest BCUT2D eigenvalue weighted by atomic mass is 16.5. The van der Waals surface area contributed by atoms with Crippen molar-refractivity contribution in [3.05, 3.63) is 0 Å². The van der Waals surface area contributed by atoms with Crippen LogP contribution in [0.5, 0.6) is 0 Å². The minimum atomic E-state index is 0.666. The van der Waals surface area contributed by atoms with Crippen molar-refractivity contribution in [3.63, 3.8) is 0 Å². The van der Waals surface area contributed by atoms with Crippen LogP contribution in [0.25, 0.3) is 0 Å². The zero-order chi connectivity index (χ0) is 14.4. The average Bonchev–Trinajstić information content (AvgIpc) is 2.80. The second kappa shape index (κ2) is 8.32. The normalized spacial score (nSPS) is 29.1. The molecule has 2 fully saturated rings. The van der Waals surface area contributed by atoms with E-state index < -0.39 is 0 Å². The lowest BCUT2D eigenvalue weighted by Gasteiger charge is -2.30. The summed E-state index contributed by atoms with van der Waals surface area (Å²) in [6, 6.07) is 2.02. The third-order valence-electron chi connectivity index (χ3n) is 4.83. The summed E-state index contributed by atoms with van der Waals surface area (Å²) in [6.45, 7) is 14.7. The summed E-state index contributed by atoms with van der Waals surface area (Å²) in [6.07, 6.45) is 3.74. The van der Waals surface area contributed by atoms with Crippen molar-refractivity contribution < 1.29 is 4.74 Å². The topological polar surface area (TPSA) is 27.7 Å². The molecule has 2 unspecified atom stereocenters. The van der Waals surface area contributed by atoms with Crippen molar-refractivity contribution in [2.45, 2.75) is 58.2 Å². The first-order valence-electron chi connectivity index (χ1n) is 8.46. The molecule has 4 nitrogen and oxygen atoms in total. The van der Waals surface area contributed by atoms with Crippen molar-refractivity contribution in [2.75, 3.05) is 45.9 Å². The summed E-state index contributed by atoms with van der Waals surface area (Å²) in [4.78, 5) is 5.21. The lowest BCUT2D eigenvalue weighted by Crippen LogP contribution is -2.41. The Bertz CT molecular complexity index is 264. The Balaban J connectivity index is 1.77. The van der Waals surface area contributed by atoms with Gasteiger partial charge in [-0.05, 0) is 46.6 Å². The highest BCUT2D eigenvalue weighted by Crippen LogP contribution is 2.14. The van der Waals surface area contributed by atoms with Crippen LogP contribution in [-0.4, -0.2) is 73.9 Å². The van der Waals surface area contributed by atoms with Crippen LogP contribution in [0.2, 0.25) is 0 Å². The number of rotatable bonds is 4. The molecular formula is C16H33N3O. The molecule has 1 N–H and O–H groups in total. The molecule has 0 aromatic heterocycles. The Morgan fingerprint density at radius 1 is 1.05 bits per heavy atom. The van der Waals surface area contributed by atoms with E-state index in [1.165, 1.54) is 38.9 Å². The SMILES string of the molecule is CC(C)N1CCNC(CC(C)N2CCCOCC2)CC1. The first-order valence-corrected chi connectivity index (χ1v) is 8.46. The maximum atomic E-state index is 5.56. The number of nitrogens with one attached hydrogen (secondary N) is 1. The van der Waals surface area contributed by atoms with Gasteiger partial charge in [0.25, 0.3) is 0 Å². The van der Waals surface area contributed by atoms with Crippen molar-refractivity contribution >= 4 is 0 Å². The van der Waals surface area contributed by atoms with Crippen molar-refractivity contribution in [1.82, 2.24) is 15.1 Å². The zero-order valence-electron chi connectivity index (χ0n) is 13.6. The summed E-state index contributed by atoms with van der Waals surface area (Å²) in [5.74, 6) is 0. The molecule has 0 aromatic rings. The Kier molecular flexibility index (Phi) is 6.75. The lowest BCUT2D eigenvalue weighted by atomic mass is 10.0. The van der Waals surface area contributed by atoms with Gasteiger partial charge < -0.3 is 10.1 Å². The van der Waals surface area contributed by atoms with Crippen LogP contribution < -0.4 is 5.32 Å². The molecular weight excluding hydrogens is 250 g/mol. The van der Waals surface area contributed by atoms with E-state index in [2.05, 4.69) is 35.9 Å². The number of nitrogens with zero attached hydrogens (tertiary/aromatic N) is 2. The smallest absolute Gasteiger partial charge is 0.0593 e. The third-order valence-corrected chi connectivity index (χ3v) is 4.83. The van der Waals surface area contributed by atoms with E-state index in [0.29, 0.717) is 18.1 Å². The molecule has 2 aliphatic heterocycles. The van der Waals surface area contributed by atoms with Crippen LogP contribution in [-0.2, 0) is 4.74 Å². The summed E-state index contributed by atoms with van der Waals surface area (Å²) in [5.41, 5.74) is 0. The molecule has 4 heteroatoms. The molecule has 0 aliphatic carbocycles. The quantitative estimate of drug-likeness (QED) is 0.847. The molecule has 0 radical (unpaired) electrons. The lowest BCUT2D eigenvalue weighted by molar-refractivity contribution is 0.130. The highest BCUT2D eigenvalue weighted by Gasteiger charge is 2.23. The minimum Gasteiger partial charge on any atom is -0.380 e. The molecule has 0 spiro atoms. The van der Waals surface area contributed by atoms with Gasteiger partial charge in [-0.3, -0.25) is 9.80 Å². The van der Waals surface area contributed by atoms with Gasteiger partial charge in [0.1, 0.15) is 0 Å². The van der Waals surface area contributed by atoms with Gasteiger partial charge >= 0.3 is 0 Å². The highest BCUT2D eigenvalue weighted by molar-refractivity contribution is 4.81. The minimum absolute atomic E-state index is 0.666. The molecule has 0 bridgehead atoms. The fraction of sp³-hybridized carbons (Fsp3) is 1.00. The van der Waals surface area contributed by atoms with Crippen LogP contribution in [0.4, 0.5) is 0 Å². The number of hydrogen-bond acceptors (Lipinski definition) is 4. The van der Waals surface area contributed by atoms with Crippen LogP contribution in [0.3, 0.4) is 0 Å². The largest absolute Gasteiger partial charge is 0.380 e. The second-order valence-corrected chi connectivity index (χ2v) is 6.66. The van der Waals surface area contributed by atoms with Gasteiger partial charge in [-0.25, -0.2) is 0 Å². The van der Waals surface area contributed by atoms with Crippen molar-refractivity contribution in [1.29, 1.82) is 0 Å². The van der Waals surface area contributed by atoms with E-state index in [1.54, 1.807) is 0 Å². The molecule has 2 saturated heterocycles. The molecule has 0 aromatic carbocycles. The molecule has 0 saturated carbocycles. The predicted octanol–water partition coefficient (Wildman–Crippen LogP) is 1.56. The first-order chi connectivity index (χ1) is 9.66. The summed E-state index contributed by atoms with van der Waals surface area (Å²) in [7, 11) is 0. The van der Waals surface area contributed by atoms with Crippen molar-refractivity contribution in [3.8, 4) is 0 Å². The van der Waals surface area contributed by atoms with Gasteiger partial charge in [0, 0.05) is 50.9 Å². The van der Waals surface area contributed by atoms with E-state index in [1.807, 2.05) is 0 Å².